The van der Waals surface area contributed by atoms with Crippen LogP contribution in [0.1, 0.15) is 24.5 Å². The van der Waals surface area contributed by atoms with Crippen LogP contribution < -0.4 is 5.32 Å². The van der Waals surface area contributed by atoms with E-state index in [-0.39, 0.29) is 11.2 Å². The Balaban J connectivity index is 1.42. The molecule has 0 aliphatic heterocycles. The van der Waals surface area contributed by atoms with E-state index in [1.54, 1.807) is 0 Å². The van der Waals surface area contributed by atoms with Gasteiger partial charge in [-0.1, -0.05) is 109 Å². The van der Waals surface area contributed by atoms with Crippen LogP contribution in [0.4, 0.5) is 5.69 Å². The number of nitrogens with one attached hydrogen (secondary N) is 2. The van der Waals surface area contributed by atoms with Gasteiger partial charge >= 0.3 is 0 Å². The zero-order valence-electron chi connectivity index (χ0n) is 20.7. The summed E-state index contributed by atoms with van der Waals surface area (Å²) in [5, 5.41) is 5.82. The van der Waals surface area contributed by atoms with Gasteiger partial charge in [0, 0.05) is 16.8 Å². The van der Waals surface area contributed by atoms with E-state index < -0.39 is 0 Å². The number of benzene rings is 4. The Hall–Kier alpha value is -3.83. The number of hydrogen-bond donors (Lipinski definition) is 2. The maximum absolute atomic E-state index is 13.2. The van der Waals surface area contributed by atoms with Crippen LogP contribution in [0.3, 0.4) is 0 Å². The fourth-order valence-electron chi connectivity index (χ4n) is 4.20. The molecule has 0 bridgehead atoms. The Bertz CT molecular complexity index is 1440. The lowest BCUT2D eigenvalue weighted by molar-refractivity contribution is -0.115. The third-order valence-corrected chi connectivity index (χ3v) is 7.53. The van der Waals surface area contributed by atoms with Crippen LogP contribution >= 0.6 is 11.8 Å². The summed E-state index contributed by atoms with van der Waals surface area (Å²) in [6.07, 6.45) is 0.685. The minimum Gasteiger partial charge on any atom is -0.332 e. The first-order chi connectivity index (χ1) is 17.5. The molecule has 0 aliphatic carbocycles. The topological polar surface area (TPSA) is 57.8 Å². The normalized spacial score (nSPS) is 12.0. The first kappa shape index (κ1) is 23.9. The molecule has 1 unspecified atom stereocenters. The fraction of sp³-hybridized carbons (Fsp3) is 0.161. The third-order valence-electron chi connectivity index (χ3n) is 6.28. The monoisotopic (exact) mass is 491 g/mol. The standard InChI is InChI=1S/C31H29N3OS/c1-4-27(30(35)32-26-18-17-22-7-5-6-8-25(22)19-26)36-31-33-28(23-13-9-20(2)10-14-23)29(34-31)24-15-11-21(3)12-16-24/h5-19,27H,4H2,1-3H3,(H,32,35)(H,33,34). The van der Waals surface area contributed by atoms with Crippen molar-refractivity contribution in [2.45, 2.75) is 37.6 Å². The summed E-state index contributed by atoms with van der Waals surface area (Å²) in [5.74, 6) is -0.0250. The van der Waals surface area contributed by atoms with E-state index in [2.05, 4.69) is 84.8 Å². The molecule has 0 fully saturated rings. The minimum atomic E-state index is -0.278. The second-order valence-electron chi connectivity index (χ2n) is 9.06. The van der Waals surface area contributed by atoms with E-state index in [9.17, 15) is 4.79 Å². The highest BCUT2D eigenvalue weighted by molar-refractivity contribution is 8.00. The first-order valence-corrected chi connectivity index (χ1v) is 13.1. The van der Waals surface area contributed by atoms with Gasteiger partial charge in [-0.15, -0.1) is 0 Å². The molecule has 1 amide bonds. The summed E-state index contributed by atoms with van der Waals surface area (Å²) < 4.78 is 0. The van der Waals surface area contributed by atoms with Gasteiger partial charge in [0.05, 0.1) is 16.6 Å². The lowest BCUT2D eigenvalue weighted by Crippen LogP contribution is -2.24. The molecule has 4 nitrogen and oxygen atoms in total. The predicted octanol–water partition coefficient (Wildman–Crippen LogP) is 8.02. The van der Waals surface area contributed by atoms with Crippen molar-refractivity contribution in [1.29, 1.82) is 0 Å². The number of amides is 1. The van der Waals surface area contributed by atoms with Crippen molar-refractivity contribution in [3.05, 3.63) is 102 Å². The molecule has 4 aromatic carbocycles. The average molecular weight is 492 g/mol. The minimum absolute atomic E-state index is 0.0250. The highest BCUT2D eigenvalue weighted by Crippen LogP contribution is 2.35. The molecule has 180 valence electrons. The maximum atomic E-state index is 13.2. The number of thioether (sulfide) groups is 1. The van der Waals surface area contributed by atoms with Crippen LogP contribution in [-0.2, 0) is 4.79 Å². The molecule has 36 heavy (non-hydrogen) atoms. The van der Waals surface area contributed by atoms with E-state index in [0.717, 1.165) is 44.1 Å². The number of anilines is 1. The molecule has 1 atom stereocenters. The van der Waals surface area contributed by atoms with Crippen LogP contribution in [0.25, 0.3) is 33.3 Å². The van der Waals surface area contributed by atoms with Crippen molar-refractivity contribution in [3.63, 3.8) is 0 Å². The van der Waals surface area contributed by atoms with Crippen LogP contribution in [0.5, 0.6) is 0 Å². The quantitative estimate of drug-likeness (QED) is 0.227. The summed E-state index contributed by atoms with van der Waals surface area (Å²) in [6, 6.07) is 31.0. The Morgan fingerprint density at radius 3 is 2.17 bits per heavy atom. The number of nitrogens with zero attached hydrogens (tertiary/aromatic N) is 1. The van der Waals surface area contributed by atoms with Crippen molar-refractivity contribution in [1.82, 2.24) is 9.97 Å². The number of H-pyrrole nitrogens is 1. The third kappa shape index (κ3) is 5.21. The van der Waals surface area contributed by atoms with Crippen LogP contribution in [0, 0.1) is 13.8 Å². The Morgan fingerprint density at radius 1 is 0.861 bits per heavy atom. The van der Waals surface area contributed by atoms with Gasteiger partial charge in [0.2, 0.25) is 5.91 Å². The Morgan fingerprint density at radius 2 is 1.50 bits per heavy atom. The number of imidazole rings is 1. The van der Waals surface area contributed by atoms with Gasteiger partial charge in [-0.2, -0.15) is 0 Å². The molecule has 0 aliphatic rings. The smallest absolute Gasteiger partial charge is 0.237 e. The predicted molar refractivity (Wildman–Crippen MR) is 151 cm³/mol. The molecule has 5 rings (SSSR count). The molecule has 5 heteroatoms. The number of rotatable bonds is 7. The van der Waals surface area contributed by atoms with Crippen molar-refractivity contribution < 1.29 is 4.79 Å². The molecule has 0 saturated heterocycles. The van der Waals surface area contributed by atoms with Crippen molar-refractivity contribution in [3.8, 4) is 22.5 Å². The number of carbonyl (C=O) groups excluding carboxylic acids is 1. The summed E-state index contributed by atoms with van der Waals surface area (Å²) >= 11 is 1.47. The maximum Gasteiger partial charge on any atom is 0.237 e. The van der Waals surface area contributed by atoms with E-state index in [0.29, 0.717) is 6.42 Å². The summed E-state index contributed by atoms with van der Waals surface area (Å²) in [6.45, 7) is 6.19. The molecular weight excluding hydrogens is 462 g/mol. The SMILES string of the molecule is CCC(Sc1nc(-c2ccc(C)cc2)c(-c2ccc(C)cc2)[nH]1)C(=O)Nc1ccc2ccccc2c1. The van der Waals surface area contributed by atoms with Crippen LogP contribution in [-0.4, -0.2) is 21.1 Å². The first-order valence-electron chi connectivity index (χ1n) is 12.2. The van der Waals surface area contributed by atoms with Gasteiger partial charge in [0.1, 0.15) is 0 Å². The number of hydrogen-bond acceptors (Lipinski definition) is 3. The largest absolute Gasteiger partial charge is 0.332 e. The second kappa shape index (κ2) is 10.4. The fourth-order valence-corrected chi connectivity index (χ4v) is 5.11. The summed E-state index contributed by atoms with van der Waals surface area (Å²) in [5.41, 5.74) is 7.20. The Kier molecular flexibility index (Phi) is 6.92. The molecular formula is C31H29N3OS. The molecule has 0 spiro atoms. The zero-order valence-corrected chi connectivity index (χ0v) is 21.5. The number of aryl methyl sites for hydroxylation is 2. The number of carbonyl (C=O) groups is 1. The molecule has 0 radical (unpaired) electrons. The van der Waals surface area contributed by atoms with Gasteiger partial charge in [-0.25, -0.2) is 4.98 Å². The van der Waals surface area contributed by atoms with E-state index in [1.165, 1.54) is 22.9 Å². The lowest BCUT2D eigenvalue weighted by atomic mass is 10.0. The Labute approximate surface area is 216 Å². The molecule has 0 saturated carbocycles. The van der Waals surface area contributed by atoms with Gasteiger partial charge in [0.15, 0.2) is 5.16 Å². The number of aromatic amines is 1. The highest BCUT2D eigenvalue weighted by atomic mass is 32.2. The van der Waals surface area contributed by atoms with Crippen LogP contribution in [0.15, 0.2) is 96.2 Å². The molecule has 2 N–H and O–H groups in total. The molecule has 1 heterocycles. The number of aromatic nitrogens is 2. The molecule has 1 aromatic heterocycles. The summed E-state index contributed by atoms with van der Waals surface area (Å²) in [7, 11) is 0. The van der Waals surface area contributed by atoms with Crippen molar-refractivity contribution in [2.24, 2.45) is 0 Å². The zero-order chi connectivity index (χ0) is 25.1. The molecule has 5 aromatic rings. The summed E-state index contributed by atoms with van der Waals surface area (Å²) in [4.78, 5) is 21.7. The van der Waals surface area contributed by atoms with E-state index in [1.807, 2.05) is 37.3 Å². The van der Waals surface area contributed by atoms with Gasteiger partial charge < -0.3 is 10.3 Å². The highest BCUT2D eigenvalue weighted by Gasteiger charge is 2.22. The van der Waals surface area contributed by atoms with Crippen LogP contribution in [0.2, 0.25) is 0 Å². The lowest BCUT2D eigenvalue weighted by Gasteiger charge is -2.14. The average Bonchev–Trinajstić information content (AvgIpc) is 3.32. The van der Waals surface area contributed by atoms with Crippen molar-refractivity contribution in [2.75, 3.05) is 5.32 Å². The van der Waals surface area contributed by atoms with Gasteiger partial charge in [-0.05, 0) is 43.2 Å². The number of fused-ring (bicyclic) bond motifs is 1. The van der Waals surface area contributed by atoms with E-state index >= 15 is 0 Å². The second-order valence-corrected chi connectivity index (χ2v) is 10.3. The van der Waals surface area contributed by atoms with Crippen molar-refractivity contribution >= 4 is 34.1 Å². The van der Waals surface area contributed by atoms with Gasteiger partial charge in [0.25, 0.3) is 0 Å². The van der Waals surface area contributed by atoms with E-state index in [4.69, 9.17) is 4.98 Å². The van der Waals surface area contributed by atoms with Gasteiger partial charge in [-0.3, -0.25) is 4.79 Å².